The van der Waals surface area contributed by atoms with Gasteiger partial charge in [-0.1, -0.05) is 6.92 Å². The Labute approximate surface area is 109 Å². The van der Waals surface area contributed by atoms with Gasteiger partial charge in [0.25, 0.3) is 5.91 Å². The van der Waals surface area contributed by atoms with Crippen molar-refractivity contribution in [2.75, 3.05) is 0 Å². The number of nitrogens with one attached hydrogen (secondary N) is 1. The number of amides is 1. The van der Waals surface area contributed by atoms with E-state index in [0.29, 0.717) is 12.1 Å². The van der Waals surface area contributed by atoms with Gasteiger partial charge in [0.15, 0.2) is 0 Å². The molecule has 1 heterocycles. The summed E-state index contributed by atoms with van der Waals surface area (Å²) >= 11 is 0. The van der Waals surface area contributed by atoms with Crippen molar-refractivity contribution in [2.45, 2.75) is 25.8 Å². The zero-order valence-electron chi connectivity index (χ0n) is 10.6. The fourth-order valence-corrected chi connectivity index (χ4v) is 1.60. The first-order valence-electron chi connectivity index (χ1n) is 5.63. The average Bonchev–Trinajstić information content (AvgIpc) is 2.68. The van der Waals surface area contributed by atoms with Gasteiger partial charge in [0.1, 0.15) is 6.04 Å². The van der Waals surface area contributed by atoms with E-state index in [1.165, 1.54) is 10.9 Å². The first kappa shape index (κ1) is 14.7. The van der Waals surface area contributed by atoms with E-state index in [-0.39, 0.29) is 5.56 Å². The minimum atomic E-state index is -1.46. The van der Waals surface area contributed by atoms with Gasteiger partial charge >= 0.3 is 11.9 Å². The maximum absolute atomic E-state index is 11.9. The molecule has 0 bridgehead atoms. The van der Waals surface area contributed by atoms with Gasteiger partial charge in [-0.3, -0.25) is 14.3 Å². The van der Waals surface area contributed by atoms with Crippen LogP contribution in [0.15, 0.2) is 6.20 Å². The third kappa shape index (κ3) is 3.80. The number of aromatic nitrogens is 2. The van der Waals surface area contributed by atoms with E-state index in [1.807, 2.05) is 6.92 Å². The van der Waals surface area contributed by atoms with Crippen LogP contribution in [-0.2, 0) is 23.1 Å². The summed E-state index contributed by atoms with van der Waals surface area (Å²) in [6, 6.07) is -1.46. The Kier molecular flexibility index (Phi) is 4.62. The van der Waals surface area contributed by atoms with Crippen molar-refractivity contribution >= 4 is 17.8 Å². The maximum atomic E-state index is 11.9. The summed E-state index contributed by atoms with van der Waals surface area (Å²) in [6.07, 6.45) is 1.30. The third-order valence-corrected chi connectivity index (χ3v) is 2.47. The topological polar surface area (TPSA) is 122 Å². The van der Waals surface area contributed by atoms with Crippen molar-refractivity contribution in [1.82, 2.24) is 15.1 Å². The highest BCUT2D eigenvalue weighted by atomic mass is 16.4. The quantitative estimate of drug-likeness (QED) is 0.648. The number of carbonyl (C=O) groups excluding carboxylic acids is 1. The van der Waals surface area contributed by atoms with Gasteiger partial charge in [-0.05, 0) is 6.42 Å². The van der Waals surface area contributed by atoms with Crippen molar-refractivity contribution in [2.24, 2.45) is 7.05 Å². The van der Waals surface area contributed by atoms with Crippen LogP contribution >= 0.6 is 0 Å². The minimum absolute atomic E-state index is 0.252. The molecule has 0 spiro atoms. The summed E-state index contributed by atoms with van der Waals surface area (Å²) in [5, 5.41) is 23.7. The van der Waals surface area contributed by atoms with Crippen LogP contribution in [-0.4, -0.2) is 43.9 Å². The molecule has 1 atom stereocenters. The van der Waals surface area contributed by atoms with E-state index in [2.05, 4.69) is 10.4 Å². The molecule has 0 aliphatic carbocycles. The fraction of sp³-hybridized carbons (Fsp3) is 0.455. The van der Waals surface area contributed by atoms with E-state index in [0.717, 1.165) is 0 Å². The molecule has 19 heavy (non-hydrogen) atoms. The van der Waals surface area contributed by atoms with Crippen LogP contribution in [0.4, 0.5) is 0 Å². The molecule has 8 nitrogen and oxygen atoms in total. The molecule has 104 valence electrons. The van der Waals surface area contributed by atoms with E-state index in [1.54, 1.807) is 7.05 Å². The highest BCUT2D eigenvalue weighted by Gasteiger charge is 2.25. The Bertz CT molecular complexity index is 508. The fourth-order valence-electron chi connectivity index (χ4n) is 1.60. The largest absolute Gasteiger partial charge is 0.481 e. The zero-order chi connectivity index (χ0) is 14.6. The van der Waals surface area contributed by atoms with E-state index in [4.69, 9.17) is 10.2 Å². The number of hydrogen-bond acceptors (Lipinski definition) is 4. The molecule has 0 radical (unpaired) electrons. The lowest BCUT2D eigenvalue weighted by atomic mass is 10.1. The molecule has 1 amide bonds. The highest BCUT2D eigenvalue weighted by Crippen LogP contribution is 2.08. The Hall–Kier alpha value is -2.38. The van der Waals surface area contributed by atoms with E-state index in [9.17, 15) is 14.4 Å². The Balaban J connectivity index is 2.87. The molecule has 1 aromatic rings. The second-order valence-corrected chi connectivity index (χ2v) is 3.98. The Morgan fingerprint density at radius 2 is 2.05 bits per heavy atom. The molecule has 0 unspecified atom stereocenters. The van der Waals surface area contributed by atoms with Crippen molar-refractivity contribution < 1.29 is 24.6 Å². The lowest BCUT2D eigenvalue weighted by molar-refractivity contribution is -0.145. The lowest BCUT2D eigenvalue weighted by Crippen LogP contribution is -2.42. The van der Waals surface area contributed by atoms with Gasteiger partial charge in [-0.25, -0.2) is 4.79 Å². The minimum Gasteiger partial charge on any atom is -0.481 e. The molecule has 3 N–H and O–H groups in total. The van der Waals surface area contributed by atoms with Gasteiger partial charge in [0, 0.05) is 13.2 Å². The molecule has 8 heteroatoms. The molecular weight excluding hydrogens is 254 g/mol. The molecule has 1 rings (SSSR count). The molecule has 1 aromatic heterocycles. The summed E-state index contributed by atoms with van der Waals surface area (Å²) in [6.45, 7) is 1.81. The number of carbonyl (C=O) groups is 3. The van der Waals surface area contributed by atoms with Crippen LogP contribution < -0.4 is 5.32 Å². The van der Waals surface area contributed by atoms with Crippen molar-refractivity contribution in [1.29, 1.82) is 0 Å². The number of aryl methyl sites for hydroxylation is 2. The normalized spacial score (nSPS) is 11.9. The smallest absolute Gasteiger partial charge is 0.326 e. The average molecular weight is 269 g/mol. The number of rotatable bonds is 6. The summed E-state index contributed by atoms with van der Waals surface area (Å²) < 4.78 is 1.45. The summed E-state index contributed by atoms with van der Waals surface area (Å²) in [7, 11) is 1.64. The van der Waals surface area contributed by atoms with Gasteiger partial charge < -0.3 is 15.5 Å². The van der Waals surface area contributed by atoms with Gasteiger partial charge in [-0.2, -0.15) is 5.10 Å². The predicted octanol–water partition coefficient (Wildman–Crippen LogP) is -0.360. The molecule has 0 saturated heterocycles. The van der Waals surface area contributed by atoms with Crippen LogP contribution in [0.25, 0.3) is 0 Å². The molecule has 0 fully saturated rings. The number of nitrogens with zero attached hydrogens (tertiary/aromatic N) is 2. The van der Waals surface area contributed by atoms with Crippen LogP contribution in [0.3, 0.4) is 0 Å². The van der Waals surface area contributed by atoms with Crippen molar-refractivity contribution in [3.05, 3.63) is 17.5 Å². The lowest BCUT2D eigenvalue weighted by Gasteiger charge is -2.11. The highest BCUT2D eigenvalue weighted by molar-refractivity contribution is 5.98. The number of carboxylic acids is 2. The second-order valence-electron chi connectivity index (χ2n) is 3.98. The second kappa shape index (κ2) is 5.98. The van der Waals surface area contributed by atoms with Crippen molar-refractivity contribution in [3.63, 3.8) is 0 Å². The van der Waals surface area contributed by atoms with Crippen LogP contribution in [0, 0.1) is 0 Å². The standard InChI is InChI=1S/C11H15N3O5/c1-3-7-6(5-14(2)13-7)10(17)12-8(11(18)19)4-9(15)16/h5,8H,3-4H2,1-2H3,(H,12,17)(H,15,16)(H,18,19)/t8-/m0/s1. The van der Waals surface area contributed by atoms with Crippen molar-refractivity contribution in [3.8, 4) is 0 Å². The summed E-state index contributed by atoms with van der Waals surface area (Å²) in [4.78, 5) is 33.3. The van der Waals surface area contributed by atoms with Crippen LogP contribution in [0.1, 0.15) is 29.4 Å². The number of carboxylic acid groups (broad SMARTS) is 2. The molecule has 0 saturated carbocycles. The van der Waals surface area contributed by atoms with E-state index < -0.39 is 30.3 Å². The van der Waals surface area contributed by atoms with Crippen LogP contribution in [0.5, 0.6) is 0 Å². The predicted molar refractivity (Wildman–Crippen MR) is 63.7 cm³/mol. The summed E-state index contributed by atoms with van der Waals surface area (Å²) in [5.74, 6) is -3.33. The molecule has 0 aliphatic rings. The Morgan fingerprint density at radius 1 is 1.42 bits per heavy atom. The third-order valence-electron chi connectivity index (χ3n) is 2.47. The maximum Gasteiger partial charge on any atom is 0.326 e. The molecular formula is C11H15N3O5. The number of hydrogen-bond donors (Lipinski definition) is 3. The van der Waals surface area contributed by atoms with Gasteiger partial charge in [0.05, 0.1) is 17.7 Å². The first-order chi connectivity index (χ1) is 8.85. The Morgan fingerprint density at radius 3 is 2.53 bits per heavy atom. The summed E-state index contributed by atoms with van der Waals surface area (Å²) in [5.41, 5.74) is 0.779. The van der Waals surface area contributed by atoms with Gasteiger partial charge in [0.2, 0.25) is 0 Å². The first-order valence-corrected chi connectivity index (χ1v) is 5.63. The molecule has 0 aromatic carbocycles. The van der Waals surface area contributed by atoms with E-state index >= 15 is 0 Å². The monoisotopic (exact) mass is 269 g/mol. The SMILES string of the molecule is CCc1nn(C)cc1C(=O)N[C@@H](CC(=O)O)C(=O)O. The number of aliphatic carboxylic acids is 2. The van der Waals surface area contributed by atoms with Gasteiger partial charge in [-0.15, -0.1) is 0 Å². The van der Waals surface area contributed by atoms with Crippen LogP contribution in [0.2, 0.25) is 0 Å². The molecule has 0 aliphatic heterocycles. The zero-order valence-corrected chi connectivity index (χ0v) is 10.6.